The van der Waals surface area contributed by atoms with Gasteiger partial charge >= 0.3 is 0 Å². The molecule has 1 aliphatic rings. The summed E-state index contributed by atoms with van der Waals surface area (Å²) in [5.41, 5.74) is -0.363. The molecule has 1 aromatic carbocycles. The van der Waals surface area contributed by atoms with Crippen molar-refractivity contribution in [3.63, 3.8) is 0 Å². The molecule has 0 radical (unpaired) electrons. The summed E-state index contributed by atoms with van der Waals surface area (Å²) in [6, 6.07) is 9.32. The highest BCUT2D eigenvalue weighted by Gasteiger charge is 2.30. The van der Waals surface area contributed by atoms with Crippen molar-refractivity contribution in [2.45, 2.75) is 18.9 Å². The van der Waals surface area contributed by atoms with E-state index in [1.54, 1.807) is 6.92 Å². The zero-order valence-corrected chi connectivity index (χ0v) is 12.5. The Balaban J connectivity index is 1.92. The maximum absolute atomic E-state index is 12.4. The molecule has 1 fully saturated rings. The summed E-state index contributed by atoms with van der Waals surface area (Å²) in [7, 11) is 0. The van der Waals surface area contributed by atoms with Gasteiger partial charge in [-0.15, -0.1) is 6.42 Å². The first-order valence-electron chi connectivity index (χ1n) is 7.24. The quantitative estimate of drug-likeness (QED) is 0.842. The van der Waals surface area contributed by atoms with Gasteiger partial charge in [-0.05, 0) is 12.5 Å². The van der Waals surface area contributed by atoms with Crippen LogP contribution in [0.3, 0.4) is 0 Å². The van der Waals surface area contributed by atoms with Crippen LogP contribution in [0.1, 0.15) is 18.9 Å². The number of amides is 1. The Morgan fingerprint density at radius 1 is 1.29 bits per heavy atom. The molecule has 2 rings (SSSR count). The van der Waals surface area contributed by atoms with E-state index >= 15 is 0 Å². The largest absolute Gasteiger partial charge is 0.385 e. The molecule has 1 atom stereocenters. The van der Waals surface area contributed by atoms with E-state index in [1.807, 2.05) is 35.2 Å². The molecule has 0 saturated carbocycles. The Hall–Kier alpha value is -1.83. The number of terminal acetylenes is 1. The molecule has 1 unspecified atom stereocenters. The van der Waals surface area contributed by atoms with Gasteiger partial charge in [0.25, 0.3) is 0 Å². The summed E-state index contributed by atoms with van der Waals surface area (Å²) in [6.45, 7) is 5.25. The van der Waals surface area contributed by atoms with Crippen LogP contribution in [-0.2, 0) is 10.4 Å². The fraction of sp³-hybridized carbons (Fsp3) is 0.471. The molecule has 1 aliphatic heterocycles. The number of hydrogen-bond donors (Lipinski definition) is 1. The molecule has 0 aromatic heterocycles. The van der Waals surface area contributed by atoms with Gasteiger partial charge in [-0.25, -0.2) is 0 Å². The van der Waals surface area contributed by atoms with Crippen molar-refractivity contribution < 1.29 is 9.90 Å². The summed E-state index contributed by atoms with van der Waals surface area (Å²) in [5, 5.41) is 10.5. The molecule has 0 aliphatic carbocycles. The lowest BCUT2D eigenvalue weighted by Crippen LogP contribution is -2.49. The second kappa shape index (κ2) is 6.75. The molecule has 1 N–H and O–H groups in total. The maximum Gasteiger partial charge on any atom is 0.225 e. The predicted octanol–water partition coefficient (Wildman–Crippen LogP) is 1.06. The van der Waals surface area contributed by atoms with Crippen LogP contribution in [0.2, 0.25) is 0 Å². The van der Waals surface area contributed by atoms with E-state index < -0.39 is 5.60 Å². The number of nitrogens with zero attached hydrogens (tertiary/aromatic N) is 2. The Bertz CT molecular complexity index is 511. The minimum absolute atomic E-state index is 0.00999. The Kier molecular flexibility index (Phi) is 5.00. The van der Waals surface area contributed by atoms with Crippen LogP contribution in [0, 0.1) is 12.3 Å². The third kappa shape index (κ3) is 4.07. The van der Waals surface area contributed by atoms with Gasteiger partial charge in [0.2, 0.25) is 5.91 Å². The molecular weight excluding hydrogens is 264 g/mol. The number of hydrogen-bond acceptors (Lipinski definition) is 3. The molecule has 4 heteroatoms. The van der Waals surface area contributed by atoms with Crippen molar-refractivity contribution in [3.05, 3.63) is 35.9 Å². The van der Waals surface area contributed by atoms with Crippen molar-refractivity contribution in [1.29, 1.82) is 0 Å². The van der Waals surface area contributed by atoms with Gasteiger partial charge in [-0.2, -0.15) is 0 Å². The van der Waals surface area contributed by atoms with E-state index in [0.717, 1.165) is 18.7 Å². The minimum Gasteiger partial charge on any atom is -0.385 e. The first kappa shape index (κ1) is 15.6. The predicted molar refractivity (Wildman–Crippen MR) is 82.5 cm³/mol. The van der Waals surface area contributed by atoms with E-state index in [-0.39, 0.29) is 12.3 Å². The summed E-state index contributed by atoms with van der Waals surface area (Å²) < 4.78 is 0. The normalized spacial score (nSPS) is 18.8. The highest BCUT2D eigenvalue weighted by molar-refractivity contribution is 5.77. The molecule has 4 nitrogen and oxygen atoms in total. The van der Waals surface area contributed by atoms with Gasteiger partial charge in [-0.3, -0.25) is 9.69 Å². The summed E-state index contributed by atoms with van der Waals surface area (Å²) in [4.78, 5) is 16.3. The van der Waals surface area contributed by atoms with Crippen LogP contribution in [0.5, 0.6) is 0 Å². The third-order valence-electron chi connectivity index (χ3n) is 3.93. The van der Waals surface area contributed by atoms with Crippen LogP contribution in [0.15, 0.2) is 30.3 Å². The van der Waals surface area contributed by atoms with E-state index in [2.05, 4.69) is 10.8 Å². The fourth-order valence-corrected chi connectivity index (χ4v) is 2.59. The smallest absolute Gasteiger partial charge is 0.225 e. The van der Waals surface area contributed by atoms with Crippen molar-refractivity contribution in [2.24, 2.45) is 0 Å². The molecule has 1 heterocycles. The standard InChI is InChI=1S/C17H22N2O2/c1-3-9-18-10-12-19(13-11-18)16(20)14-17(2,21)15-7-5-4-6-8-15/h1,4-8,21H,9-14H2,2H3. The summed E-state index contributed by atoms with van der Waals surface area (Å²) in [5.74, 6) is 2.61. The van der Waals surface area contributed by atoms with Gasteiger partial charge in [0.1, 0.15) is 0 Å². The Morgan fingerprint density at radius 2 is 1.90 bits per heavy atom. The Morgan fingerprint density at radius 3 is 2.48 bits per heavy atom. The first-order valence-corrected chi connectivity index (χ1v) is 7.24. The van der Waals surface area contributed by atoms with Crippen molar-refractivity contribution in [3.8, 4) is 12.3 Å². The number of aliphatic hydroxyl groups is 1. The van der Waals surface area contributed by atoms with Crippen molar-refractivity contribution in [2.75, 3.05) is 32.7 Å². The monoisotopic (exact) mass is 286 g/mol. The van der Waals surface area contributed by atoms with E-state index in [9.17, 15) is 9.90 Å². The lowest BCUT2D eigenvalue weighted by Gasteiger charge is -2.35. The highest BCUT2D eigenvalue weighted by atomic mass is 16.3. The lowest BCUT2D eigenvalue weighted by molar-refractivity contribution is -0.137. The van der Waals surface area contributed by atoms with Gasteiger partial charge in [0, 0.05) is 26.2 Å². The number of carbonyl (C=O) groups is 1. The van der Waals surface area contributed by atoms with E-state index in [0.29, 0.717) is 19.6 Å². The van der Waals surface area contributed by atoms with Crippen LogP contribution in [0.25, 0.3) is 0 Å². The number of piperazine rings is 1. The van der Waals surface area contributed by atoms with Crippen LogP contribution in [-0.4, -0.2) is 53.5 Å². The molecule has 1 amide bonds. The second-order valence-corrected chi connectivity index (χ2v) is 5.68. The molecule has 112 valence electrons. The van der Waals surface area contributed by atoms with E-state index in [1.165, 1.54) is 0 Å². The zero-order chi connectivity index (χ0) is 15.3. The number of carbonyl (C=O) groups excluding carboxylic acids is 1. The van der Waals surface area contributed by atoms with Crippen molar-refractivity contribution >= 4 is 5.91 Å². The fourth-order valence-electron chi connectivity index (χ4n) is 2.59. The highest BCUT2D eigenvalue weighted by Crippen LogP contribution is 2.25. The number of rotatable bonds is 4. The molecule has 21 heavy (non-hydrogen) atoms. The average molecular weight is 286 g/mol. The topological polar surface area (TPSA) is 43.8 Å². The lowest BCUT2D eigenvalue weighted by atomic mass is 9.92. The number of benzene rings is 1. The molecule has 1 aromatic rings. The molecule has 1 saturated heterocycles. The zero-order valence-electron chi connectivity index (χ0n) is 12.5. The van der Waals surface area contributed by atoms with Gasteiger partial charge < -0.3 is 10.0 Å². The van der Waals surface area contributed by atoms with Crippen molar-refractivity contribution in [1.82, 2.24) is 9.80 Å². The molecule has 0 spiro atoms. The van der Waals surface area contributed by atoms with Gasteiger partial charge in [0.15, 0.2) is 0 Å². The Labute approximate surface area is 126 Å². The second-order valence-electron chi connectivity index (χ2n) is 5.68. The summed E-state index contributed by atoms with van der Waals surface area (Å²) in [6.07, 6.45) is 5.40. The molecule has 0 bridgehead atoms. The molecular formula is C17H22N2O2. The minimum atomic E-state index is -1.13. The third-order valence-corrected chi connectivity index (χ3v) is 3.93. The van der Waals surface area contributed by atoms with Gasteiger partial charge in [-0.1, -0.05) is 36.3 Å². The van der Waals surface area contributed by atoms with Crippen LogP contribution in [0.4, 0.5) is 0 Å². The summed E-state index contributed by atoms with van der Waals surface area (Å²) >= 11 is 0. The van der Waals surface area contributed by atoms with Crippen LogP contribution < -0.4 is 0 Å². The maximum atomic E-state index is 12.4. The first-order chi connectivity index (χ1) is 10.0. The van der Waals surface area contributed by atoms with Crippen LogP contribution >= 0.6 is 0 Å². The van der Waals surface area contributed by atoms with Gasteiger partial charge in [0.05, 0.1) is 18.6 Å². The van der Waals surface area contributed by atoms with E-state index in [4.69, 9.17) is 6.42 Å². The average Bonchev–Trinajstić information content (AvgIpc) is 2.49. The SMILES string of the molecule is C#CCN1CCN(C(=O)CC(C)(O)c2ccccc2)CC1.